The number of aromatic nitrogens is 1. The predicted molar refractivity (Wildman–Crippen MR) is 109 cm³/mol. The summed E-state index contributed by atoms with van der Waals surface area (Å²) in [6.07, 6.45) is 4.02. The zero-order valence-corrected chi connectivity index (χ0v) is 16.7. The lowest BCUT2D eigenvalue weighted by molar-refractivity contribution is 0.0949. The highest BCUT2D eigenvalue weighted by atomic mass is 32.1. The van der Waals surface area contributed by atoms with E-state index in [9.17, 15) is 14.0 Å². The highest BCUT2D eigenvalue weighted by molar-refractivity contribution is 7.09. The van der Waals surface area contributed by atoms with E-state index in [4.69, 9.17) is 0 Å². The number of halogens is 1. The van der Waals surface area contributed by atoms with Crippen LogP contribution in [0.1, 0.15) is 44.0 Å². The second-order valence-electron chi connectivity index (χ2n) is 7.12. The maximum absolute atomic E-state index is 13.1. The van der Waals surface area contributed by atoms with Gasteiger partial charge in [-0.1, -0.05) is 12.1 Å². The van der Waals surface area contributed by atoms with E-state index in [-0.39, 0.29) is 5.91 Å². The van der Waals surface area contributed by atoms with Gasteiger partial charge >= 0.3 is 0 Å². The highest BCUT2D eigenvalue weighted by Gasteiger charge is 2.23. The van der Waals surface area contributed by atoms with Crippen molar-refractivity contribution in [2.45, 2.75) is 32.4 Å². The number of hydrogen-bond donors (Lipinski definition) is 1. The highest BCUT2D eigenvalue weighted by Crippen LogP contribution is 2.19. The molecule has 1 aliphatic rings. The second kappa shape index (κ2) is 8.13. The van der Waals surface area contributed by atoms with E-state index in [2.05, 4.69) is 10.3 Å². The number of benzene rings is 2. The van der Waals surface area contributed by atoms with E-state index in [1.54, 1.807) is 6.07 Å². The first kappa shape index (κ1) is 19.3. The normalized spacial score (nSPS) is 14.1. The molecule has 0 unspecified atom stereocenters. The molecule has 0 spiro atoms. The summed E-state index contributed by atoms with van der Waals surface area (Å²) in [4.78, 5) is 30.5. The average molecular weight is 409 g/mol. The van der Waals surface area contributed by atoms with Crippen LogP contribution in [0.5, 0.6) is 0 Å². The van der Waals surface area contributed by atoms with Crippen molar-refractivity contribution in [2.24, 2.45) is 4.99 Å². The predicted octanol–water partition coefficient (Wildman–Crippen LogP) is 3.68. The topological polar surface area (TPSA) is 63.5 Å². The summed E-state index contributed by atoms with van der Waals surface area (Å²) in [5.74, 6) is -0.871. The maximum Gasteiger partial charge on any atom is 0.279 e. The molecule has 1 saturated carbocycles. The maximum atomic E-state index is 13.1. The molecule has 1 heterocycles. The van der Waals surface area contributed by atoms with Gasteiger partial charge in [0.2, 0.25) is 0 Å². The van der Waals surface area contributed by atoms with Crippen LogP contribution in [0.2, 0.25) is 0 Å². The molecule has 3 aromatic rings. The fourth-order valence-corrected chi connectivity index (χ4v) is 3.78. The number of rotatable bonds is 5. The summed E-state index contributed by atoms with van der Waals surface area (Å²) in [6, 6.07) is 13.1. The lowest BCUT2D eigenvalue weighted by Crippen LogP contribution is -2.25. The lowest BCUT2D eigenvalue weighted by Gasteiger charge is -2.07. The zero-order chi connectivity index (χ0) is 20.4. The molecule has 7 heteroatoms. The van der Waals surface area contributed by atoms with E-state index in [0.717, 1.165) is 23.3 Å². The molecule has 2 amide bonds. The number of nitrogens with one attached hydrogen (secondary N) is 1. The molecule has 0 radical (unpaired) electrons. The summed E-state index contributed by atoms with van der Waals surface area (Å²) in [7, 11) is 0. The SMILES string of the molecule is Cc1cn(Cc2cccc(C(=O)NC3CC3)c2)c(=NC(=O)c2ccc(F)cc2)s1. The van der Waals surface area contributed by atoms with Gasteiger partial charge in [-0.3, -0.25) is 9.59 Å². The van der Waals surface area contributed by atoms with Gasteiger partial charge in [-0.05, 0) is 61.7 Å². The van der Waals surface area contributed by atoms with Crippen LogP contribution in [0, 0.1) is 12.7 Å². The molecule has 1 N–H and O–H groups in total. The van der Waals surface area contributed by atoms with Crippen molar-refractivity contribution in [3.05, 3.63) is 86.9 Å². The van der Waals surface area contributed by atoms with Crippen LogP contribution in [-0.2, 0) is 6.54 Å². The summed E-state index contributed by atoms with van der Waals surface area (Å²) < 4.78 is 15.0. The largest absolute Gasteiger partial charge is 0.349 e. The summed E-state index contributed by atoms with van der Waals surface area (Å²) >= 11 is 1.41. The van der Waals surface area contributed by atoms with Crippen molar-refractivity contribution < 1.29 is 14.0 Å². The van der Waals surface area contributed by atoms with Gasteiger partial charge in [-0.15, -0.1) is 11.3 Å². The third kappa shape index (κ3) is 4.86. The van der Waals surface area contributed by atoms with Crippen molar-refractivity contribution in [1.29, 1.82) is 0 Å². The Balaban J connectivity index is 1.57. The van der Waals surface area contributed by atoms with E-state index >= 15 is 0 Å². The molecule has 1 aromatic heterocycles. The molecular formula is C22H20FN3O2S. The third-order valence-corrected chi connectivity index (χ3v) is 5.51. The molecule has 148 valence electrons. The van der Waals surface area contributed by atoms with Crippen LogP contribution in [0.4, 0.5) is 4.39 Å². The molecule has 0 aliphatic heterocycles. The number of carbonyl (C=O) groups excluding carboxylic acids is 2. The van der Waals surface area contributed by atoms with E-state index < -0.39 is 11.7 Å². The molecule has 1 aliphatic carbocycles. The second-order valence-corrected chi connectivity index (χ2v) is 8.34. The first-order chi connectivity index (χ1) is 14.0. The number of thiazole rings is 1. The van der Waals surface area contributed by atoms with Crippen molar-refractivity contribution >= 4 is 23.2 Å². The molecule has 0 atom stereocenters. The van der Waals surface area contributed by atoms with Gasteiger partial charge in [0.15, 0.2) is 4.80 Å². The fourth-order valence-electron chi connectivity index (χ4n) is 2.95. The number of aryl methyl sites for hydroxylation is 1. The van der Waals surface area contributed by atoms with Crippen LogP contribution in [0.3, 0.4) is 0 Å². The van der Waals surface area contributed by atoms with Crippen molar-refractivity contribution in [3.8, 4) is 0 Å². The molecule has 2 aromatic carbocycles. The minimum Gasteiger partial charge on any atom is -0.349 e. The Morgan fingerprint density at radius 2 is 1.93 bits per heavy atom. The van der Waals surface area contributed by atoms with Crippen molar-refractivity contribution in [1.82, 2.24) is 9.88 Å². The smallest absolute Gasteiger partial charge is 0.279 e. The minimum absolute atomic E-state index is 0.0581. The van der Waals surface area contributed by atoms with Gasteiger partial charge in [-0.25, -0.2) is 4.39 Å². The molecule has 29 heavy (non-hydrogen) atoms. The minimum atomic E-state index is -0.418. The van der Waals surface area contributed by atoms with Gasteiger partial charge in [0.25, 0.3) is 11.8 Å². The molecule has 0 bridgehead atoms. The first-order valence-electron chi connectivity index (χ1n) is 9.39. The van der Waals surface area contributed by atoms with Gasteiger partial charge in [-0.2, -0.15) is 4.99 Å². The van der Waals surface area contributed by atoms with Crippen LogP contribution in [-0.4, -0.2) is 22.4 Å². The van der Waals surface area contributed by atoms with Crippen LogP contribution in [0.15, 0.2) is 59.7 Å². The zero-order valence-electron chi connectivity index (χ0n) is 15.9. The van der Waals surface area contributed by atoms with Gasteiger partial charge < -0.3 is 9.88 Å². The molecular weight excluding hydrogens is 389 g/mol. The van der Waals surface area contributed by atoms with Crippen molar-refractivity contribution in [3.63, 3.8) is 0 Å². The third-order valence-electron chi connectivity index (χ3n) is 4.58. The van der Waals surface area contributed by atoms with E-state index in [1.165, 1.54) is 35.6 Å². The average Bonchev–Trinajstić information content (AvgIpc) is 3.45. The monoisotopic (exact) mass is 409 g/mol. The molecule has 4 rings (SSSR count). The fraction of sp³-hybridized carbons (Fsp3) is 0.227. The number of carbonyl (C=O) groups is 2. The Labute approximate surface area is 171 Å². The molecule has 1 fully saturated rings. The Hall–Kier alpha value is -3.06. The quantitative estimate of drug-likeness (QED) is 0.699. The van der Waals surface area contributed by atoms with Crippen LogP contribution in [0.25, 0.3) is 0 Å². The Morgan fingerprint density at radius 1 is 1.17 bits per heavy atom. The van der Waals surface area contributed by atoms with E-state index in [1.807, 2.05) is 35.9 Å². The Morgan fingerprint density at radius 3 is 2.66 bits per heavy atom. The summed E-state index contributed by atoms with van der Waals surface area (Å²) in [5.41, 5.74) is 1.91. The summed E-state index contributed by atoms with van der Waals surface area (Å²) in [5, 5.41) is 2.99. The van der Waals surface area contributed by atoms with Gasteiger partial charge in [0, 0.05) is 34.8 Å². The van der Waals surface area contributed by atoms with Crippen LogP contribution >= 0.6 is 11.3 Å². The number of nitrogens with zero attached hydrogens (tertiary/aromatic N) is 2. The van der Waals surface area contributed by atoms with Gasteiger partial charge in [0.1, 0.15) is 5.82 Å². The first-order valence-corrected chi connectivity index (χ1v) is 10.2. The lowest BCUT2D eigenvalue weighted by atomic mass is 10.1. The standard InChI is InChI=1S/C22H20FN3O2S/c1-14-12-26(22(29-14)25-20(27)16-5-7-18(23)8-6-16)13-15-3-2-4-17(11-15)21(28)24-19-9-10-19/h2-8,11-12,19H,9-10,13H2,1H3,(H,24,28). The van der Waals surface area contributed by atoms with Gasteiger partial charge in [0.05, 0.1) is 0 Å². The Kier molecular flexibility index (Phi) is 5.40. The summed E-state index contributed by atoms with van der Waals surface area (Å²) in [6.45, 7) is 2.44. The molecule has 5 nitrogen and oxygen atoms in total. The van der Waals surface area contributed by atoms with Crippen molar-refractivity contribution in [2.75, 3.05) is 0 Å². The Bertz CT molecular complexity index is 1130. The van der Waals surface area contributed by atoms with Crippen LogP contribution < -0.4 is 10.1 Å². The number of amides is 2. The van der Waals surface area contributed by atoms with E-state index in [0.29, 0.717) is 28.5 Å². The molecule has 0 saturated heterocycles. The number of hydrogen-bond acceptors (Lipinski definition) is 3.